The molecule has 2 nitrogen and oxygen atoms in total. The van der Waals surface area contributed by atoms with Crippen molar-refractivity contribution in [2.75, 3.05) is 13.1 Å². The van der Waals surface area contributed by atoms with Gasteiger partial charge in [0.25, 0.3) is 0 Å². The predicted molar refractivity (Wildman–Crippen MR) is 55.6 cm³/mol. The fraction of sp³-hybridized carbons (Fsp3) is 0.500. The summed E-state index contributed by atoms with van der Waals surface area (Å²) in [5.74, 6) is 0. The first-order chi connectivity index (χ1) is 5.88. The number of aliphatic imine (C=N–C) groups is 1. The van der Waals surface area contributed by atoms with E-state index >= 15 is 0 Å². The minimum atomic E-state index is 0.838. The Morgan fingerprint density at radius 3 is 2.58 bits per heavy atom. The highest BCUT2D eigenvalue weighted by atomic mass is 14.9. The van der Waals surface area contributed by atoms with Crippen LogP contribution in [0.3, 0.4) is 0 Å². The van der Waals surface area contributed by atoms with Crippen LogP contribution in [0.15, 0.2) is 28.9 Å². The van der Waals surface area contributed by atoms with E-state index in [0.717, 1.165) is 25.2 Å². The normalized spacial score (nSPS) is 16.2. The zero-order chi connectivity index (χ0) is 9.40. The van der Waals surface area contributed by atoms with Crippen molar-refractivity contribution in [2.24, 2.45) is 4.99 Å². The van der Waals surface area contributed by atoms with Crippen LogP contribution in [0.4, 0.5) is 0 Å². The first-order valence-electron chi connectivity index (χ1n) is 4.40. The molecule has 1 aliphatic heterocycles. The predicted octanol–water partition coefficient (Wildman–Crippen LogP) is 2.15. The van der Waals surface area contributed by atoms with E-state index in [0.29, 0.717) is 0 Å². The van der Waals surface area contributed by atoms with Gasteiger partial charge in [0.2, 0.25) is 0 Å². The molecule has 2 heteroatoms. The lowest BCUT2D eigenvalue weighted by atomic mass is 10.1. The molecule has 0 atom stereocenters. The van der Waals surface area contributed by atoms with Gasteiger partial charge < -0.3 is 5.32 Å². The summed E-state index contributed by atoms with van der Waals surface area (Å²) in [6.07, 6.45) is 2.89. The Morgan fingerprint density at radius 2 is 2.17 bits per heavy atom. The van der Waals surface area contributed by atoms with Crippen LogP contribution in [0.5, 0.6) is 0 Å². The molecule has 12 heavy (non-hydrogen) atoms. The van der Waals surface area contributed by atoms with E-state index in [1.54, 1.807) is 0 Å². The fourth-order valence-electron chi connectivity index (χ4n) is 1.06. The average Bonchev–Trinajstić information content (AvgIpc) is 2.20. The van der Waals surface area contributed by atoms with Crippen molar-refractivity contribution in [3.63, 3.8) is 0 Å². The highest BCUT2D eigenvalue weighted by molar-refractivity contribution is 5.35. The summed E-state index contributed by atoms with van der Waals surface area (Å²) in [6, 6.07) is 0. The molecule has 1 rings (SSSR count). The third kappa shape index (κ3) is 3.01. The number of nitrogens with one attached hydrogen (secondary N) is 1. The molecular formula is C10H18N2. The van der Waals surface area contributed by atoms with Gasteiger partial charge in [-0.3, -0.25) is 4.99 Å². The quantitative estimate of drug-likeness (QED) is 0.624. The molecule has 1 aliphatic rings. The Labute approximate surface area is 75.1 Å². The van der Waals surface area contributed by atoms with E-state index in [9.17, 15) is 0 Å². The molecule has 0 aliphatic carbocycles. The topological polar surface area (TPSA) is 24.4 Å². The molecule has 0 unspecified atom stereocenters. The van der Waals surface area contributed by atoms with Crippen LogP contribution in [-0.2, 0) is 0 Å². The fourth-order valence-corrected chi connectivity index (χ4v) is 1.06. The van der Waals surface area contributed by atoms with E-state index in [2.05, 4.69) is 23.6 Å². The van der Waals surface area contributed by atoms with Gasteiger partial charge in [0.15, 0.2) is 0 Å². The molecular weight excluding hydrogens is 148 g/mol. The zero-order valence-electron chi connectivity index (χ0n) is 8.06. The van der Waals surface area contributed by atoms with Crippen LogP contribution in [0.25, 0.3) is 0 Å². The highest BCUT2D eigenvalue weighted by Gasteiger charge is 2.06. The Bertz CT molecular complexity index is 160. The van der Waals surface area contributed by atoms with Crippen LogP contribution in [0.1, 0.15) is 20.3 Å². The van der Waals surface area contributed by atoms with Gasteiger partial charge in [0, 0.05) is 6.54 Å². The number of hydrogen-bond acceptors (Lipinski definition) is 2. The minimum Gasteiger partial charge on any atom is -0.311 e. The molecule has 0 fully saturated rings. The zero-order valence-corrected chi connectivity index (χ0v) is 8.06. The van der Waals surface area contributed by atoms with Gasteiger partial charge in [0.1, 0.15) is 0 Å². The minimum absolute atomic E-state index is 0.838. The standard InChI is InChI=1S/C8H12N2.C2H6/c1-3-7-4-5-10-6-8(7)9-2;1-2/h3,10H,1-2,4-6H2;1-2H3. The molecule has 1 heterocycles. The van der Waals surface area contributed by atoms with Crippen molar-refractivity contribution in [3.8, 4) is 0 Å². The number of allylic oxidation sites excluding steroid dienone is 1. The van der Waals surface area contributed by atoms with Crippen LogP contribution in [-0.4, -0.2) is 19.8 Å². The van der Waals surface area contributed by atoms with E-state index in [4.69, 9.17) is 0 Å². The molecule has 0 bridgehead atoms. The van der Waals surface area contributed by atoms with Crippen molar-refractivity contribution >= 4 is 6.72 Å². The molecule has 0 saturated heterocycles. The second-order valence-corrected chi connectivity index (χ2v) is 2.26. The van der Waals surface area contributed by atoms with Crippen LogP contribution in [0.2, 0.25) is 0 Å². The Kier molecular flexibility index (Phi) is 6.29. The monoisotopic (exact) mass is 166 g/mol. The summed E-state index contributed by atoms with van der Waals surface area (Å²) in [6.45, 7) is 13.1. The lowest BCUT2D eigenvalue weighted by Gasteiger charge is -2.14. The summed E-state index contributed by atoms with van der Waals surface area (Å²) in [5.41, 5.74) is 2.27. The first kappa shape index (κ1) is 11.1. The van der Waals surface area contributed by atoms with Crippen LogP contribution >= 0.6 is 0 Å². The summed E-state index contributed by atoms with van der Waals surface area (Å²) in [4.78, 5) is 3.90. The van der Waals surface area contributed by atoms with Crippen molar-refractivity contribution in [2.45, 2.75) is 20.3 Å². The molecule has 0 aromatic heterocycles. The second kappa shape index (κ2) is 6.80. The second-order valence-electron chi connectivity index (χ2n) is 2.26. The smallest absolute Gasteiger partial charge is 0.0566 e. The molecule has 0 amide bonds. The summed E-state index contributed by atoms with van der Waals surface area (Å²) in [7, 11) is 0. The molecule has 0 spiro atoms. The number of rotatable bonds is 2. The van der Waals surface area contributed by atoms with Crippen LogP contribution in [0, 0.1) is 0 Å². The maximum absolute atomic E-state index is 3.90. The van der Waals surface area contributed by atoms with Crippen molar-refractivity contribution in [3.05, 3.63) is 23.9 Å². The largest absolute Gasteiger partial charge is 0.311 e. The third-order valence-electron chi connectivity index (χ3n) is 1.67. The molecule has 0 aromatic rings. The average molecular weight is 166 g/mol. The summed E-state index contributed by atoms with van der Waals surface area (Å²) in [5, 5.41) is 3.21. The lowest BCUT2D eigenvalue weighted by Crippen LogP contribution is -2.23. The van der Waals surface area contributed by atoms with E-state index in [1.807, 2.05) is 19.9 Å². The number of hydrogen-bond donors (Lipinski definition) is 1. The molecule has 0 aromatic carbocycles. The van der Waals surface area contributed by atoms with Crippen LogP contribution < -0.4 is 5.32 Å². The third-order valence-corrected chi connectivity index (χ3v) is 1.67. The van der Waals surface area contributed by atoms with Gasteiger partial charge in [-0.2, -0.15) is 0 Å². The van der Waals surface area contributed by atoms with Gasteiger partial charge >= 0.3 is 0 Å². The van der Waals surface area contributed by atoms with E-state index in [1.165, 1.54) is 5.57 Å². The molecule has 68 valence electrons. The van der Waals surface area contributed by atoms with E-state index < -0.39 is 0 Å². The van der Waals surface area contributed by atoms with E-state index in [-0.39, 0.29) is 0 Å². The maximum Gasteiger partial charge on any atom is 0.0566 e. The maximum atomic E-state index is 3.90. The number of nitrogens with zero attached hydrogens (tertiary/aromatic N) is 1. The highest BCUT2D eigenvalue weighted by Crippen LogP contribution is 2.13. The summed E-state index contributed by atoms with van der Waals surface area (Å²) >= 11 is 0. The van der Waals surface area contributed by atoms with Gasteiger partial charge in [-0.05, 0) is 25.3 Å². The Morgan fingerprint density at radius 1 is 1.50 bits per heavy atom. The lowest BCUT2D eigenvalue weighted by molar-refractivity contribution is 0.682. The Hall–Kier alpha value is -0.890. The first-order valence-corrected chi connectivity index (χ1v) is 4.40. The molecule has 0 saturated carbocycles. The SMILES string of the molecule is C=CC1=C(N=C)CNCC1.CC. The van der Waals surface area contributed by atoms with Crippen molar-refractivity contribution in [1.82, 2.24) is 5.32 Å². The Balaban J connectivity index is 0.000000561. The molecule has 0 radical (unpaired) electrons. The van der Waals surface area contributed by atoms with Crippen molar-refractivity contribution < 1.29 is 0 Å². The summed E-state index contributed by atoms with van der Waals surface area (Å²) < 4.78 is 0. The van der Waals surface area contributed by atoms with Gasteiger partial charge in [-0.25, -0.2) is 0 Å². The van der Waals surface area contributed by atoms with Gasteiger partial charge in [-0.1, -0.05) is 26.5 Å². The van der Waals surface area contributed by atoms with Crippen molar-refractivity contribution in [1.29, 1.82) is 0 Å². The van der Waals surface area contributed by atoms with Gasteiger partial charge in [-0.15, -0.1) is 0 Å². The van der Waals surface area contributed by atoms with Gasteiger partial charge in [0.05, 0.1) is 5.70 Å². The molecule has 1 N–H and O–H groups in total.